The van der Waals surface area contributed by atoms with E-state index in [4.69, 9.17) is 4.74 Å². The second-order valence-corrected chi connectivity index (χ2v) is 7.63. The van der Waals surface area contributed by atoms with Crippen molar-refractivity contribution in [2.45, 2.75) is 13.8 Å². The monoisotopic (exact) mass is 450 g/mol. The van der Waals surface area contributed by atoms with Gasteiger partial charge in [-0.2, -0.15) is 0 Å². The molecule has 34 heavy (non-hydrogen) atoms. The number of anilines is 3. The summed E-state index contributed by atoms with van der Waals surface area (Å²) in [5.41, 5.74) is 4.77. The standard InChI is InChI=1S/C28H26N4O2/c1-3-34-25-15-9-21(10-16-25)18-26(22-7-5-4-6-8-22)28(33)32-24-13-11-23(12-14-24)31-27-17-20(2)29-19-30-27/h4-19H,3H2,1-2H3,(H,32,33)(H,29,30,31)/b26-18+. The molecule has 0 fully saturated rings. The molecule has 0 aliphatic carbocycles. The number of nitrogens with zero attached hydrogens (tertiary/aromatic N) is 2. The first-order valence-corrected chi connectivity index (χ1v) is 11.1. The van der Waals surface area contributed by atoms with Crippen LogP contribution in [0.25, 0.3) is 11.6 Å². The Bertz CT molecular complexity index is 1270. The first-order chi connectivity index (χ1) is 16.6. The zero-order valence-corrected chi connectivity index (χ0v) is 19.2. The number of carbonyl (C=O) groups is 1. The highest BCUT2D eigenvalue weighted by atomic mass is 16.5. The number of hydrogen-bond donors (Lipinski definition) is 2. The average molecular weight is 451 g/mol. The van der Waals surface area contributed by atoms with E-state index in [9.17, 15) is 4.79 Å². The summed E-state index contributed by atoms with van der Waals surface area (Å²) < 4.78 is 5.52. The summed E-state index contributed by atoms with van der Waals surface area (Å²) in [5.74, 6) is 1.33. The molecule has 0 saturated heterocycles. The lowest BCUT2D eigenvalue weighted by molar-refractivity contribution is -0.111. The quantitative estimate of drug-likeness (QED) is 0.250. The molecule has 0 spiro atoms. The number of aryl methyl sites for hydroxylation is 1. The summed E-state index contributed by atoms with van der Waals surface area (Å²) >= 11 is 0. The van der Waals surface area contributed by atoms with Crippen LogP contribution in [0.3, 0.4) is 0 Å². The van der Waals surface area contributed by atoms with Gasteiger partial charge < -0.3 is 15.4 Å². The molecule has 2 N–H and O–H groups in total. The molecule has 4 rings (SSSR count). The summed E-state index contributed by atoms with van der Waals surface area (Å²) in [6, 6.07) is 26.7. The predicted molar refractivity (Wildman–Crippen MR) is 137 cm³/mol. The van der Waals surface area contributed by atoms with E-state index in [1.807, 2.05) is 105 Å². The molecule has 170 valence electrons. The van der Waals surface area contributed by atoms with Gasteiger partial charge in [0.2, 0.25) is 0 Å². The van der Waals surface area contributed by atoms with Crippen LogP contribution in [0, 0.1) is 6.92 Å². The van der Waals surface area contributed by atoms with E-state index in [0.717, 1.165) is 28.3 Å². The lowest BCUT2D eigenvalue weighted by Crippen LogP contribution is -2.13. The van der Waals surface area contributed by atoms with Crippen molar-refractivity contribution in [1.82, 2.24) is 9.97 Å². The van der Waals surface area contributed by atoms with Crippen LogP contribution in [0.4, 0.5) is 17.2 Å². The number of amides is 1. The first-order valence-electron chi connectivity index (χ1n) is 11.1. The van der Waals surface area contributed by atoms with Gasteiger partial charge in [0.25, 0.3) is 5.91 Å². The maximum absolute atomic E-state index is 13.3. The van der Waals surface area contributed by atoms with Crippen molar-refractivity contribution in [3.05, 3.63) is 108 Å². The Morgan fingerprint density at radius 1 is 0.912 bits per heavy atom. The molecule has 0 bridgehead atoms. The molecule has 0 unspecified atom stereocenters. The minimum atomic E-state index is -0.188. The second kappa shape index (κ2) is 10.9. The maximum Gasteiger partial charge on any atom is 0.256 e. The number of ether oxygens (including phenoxy) is 1. The van der Waals surface area contributed by atoms with Crippen LogP contribution in [0.2, 0.25) is 0 Å². The van der Waals surface area contributed by atoms with E-state index in [2.05, 4.69) is 20.6 Å². The van der Waals surface area contributed by atoms with Gasteiger partial charge in [-0.15, -0.1) is 0 Å². The van der Waals surface area contributed by atoms with Crippen LogP contribution in [0.5, 0.6) is 5.75 Å². The highest BCUT2D eigenvalue weighted by Gasteiger charge is 2.13. The highest BCUT2D eigenvalue weighted by molar-refractivity contribution is 6.29. The topological polar surface area (TPSA) is 76.1 Å². The third kappa shape index (κ3) is 6.07. The van der Waals surface area contributed by atoms with E-state index in [0.29, 0.717) is 23.7 Å². The van der Waals surface area contributed by atoms with Crippen molar-refractivity contribution < 1.29 is 9.53 Å². The Morgan fingerprint density at radius 3 is 2.29 bits per heavy atom. The molecular formula is C28H26N4O2. The number of benzene rings is 3. The third-order valence-corrected chi connectivity index (χ3v) is 5.05. The van der Waals surface area contributed by atoms with Crippen molar-refractivity contribution in [1.29, 1.82) is 0 Å². The van der Waals surface area contributed by atoms with Gasteiger partial charge in [0.15, 0.2) is 0 Å². The minimum Gasteiger partial charge on any atom is -0.494 e. The van der Waals surface area contributed by atoms with Crippen LogP contribution in [0.15, 0.2) is 91.3 Å². The summed E-state index contributed by atoms with van der Waals surface area (Å²) in [4.78, 5) is 21.6. The normalized spacial score (nSPS) is 11.1. The Hall–Kier alpha value is -4.45. The molecule has 0 atom stereocenters. The Kier molecular flexibility index (Phi) is 7.30. The third-order valence-electron chi connectivity index (χ3n) is 5.05. The first kappa shape index (κ1) is 22.7. The molecule has 1 aromatic heterocycles. The fourth-order valence-corrected chi connectivity index (χ4v) is 3.40. The highest BCUT2D eigenvalue weighted by Crippen LogP contribution is 2.23. The number of rotatable bonds is 8. The maximum atomic E-state index is 13.3. The number of hydrogen-bond acceptors (Lipinski definition) is 5. The van der Waals surface area contributed by atoms with Gasteiger partial charge in [-0.3, -0.25) is 4.79 Å². The predicted octanol–water partition coefficient (Wildman–Crippen LogP) is 6.11. The van der Waals surface area contributed by atoms with Crippen LogP contribution >= 0.6 is 0 Å². The Morgan fingerprint density at radius 2 is 1.62 bits per heavy atom. The van der Waals surface area contributed by atoms with Gasteiger partial charge in [-0.05, 0) is 67.4 Å². The average Bonchev–Trinajstić information content (AvgIpc) is 2.85. The van der Waals surface area contributed by atoms with Gasteiger partial charge in [-0.1, -0.05) is 42.5 Å². The molecule has 3 aromatic carbocycles. The molecule has 0 aliphatic heterocycles. The minimum absolute atomic E-state index is 0.188. The van der Waals surface area contributed by atoms with E-state index < -0.39 is 0 Å². The van der Waals surface area contributed by atoms with Gasteiger partial charge in [0.1, 0.15) is 17.9 Å². The second-order valence-electron chi connectivity index (χ2n) is 7.63. The van der Waals surface area contributed by atoms with E-state index in [-0.39, 0.29) is 5.91 Å². The Balaban J connectivity index is 1.52. The van der Waals surface area contributed by atoms with Crippen LogP contribution in [-0.4, -0.2) is 22.5 Å². The molecule has 0 radical (unpaired) electrons. The van der Waals surface area contributed by atoms with Crippen molar-refractivity contribution in [3.8, 4) is 5.75 Å². The lowest BCUT2D eigenvalue weighted by Gasteiger charge is -2.11. The lowest BCUT2D eigenvalue weighted by atomic mass is 10.0. The molecular weight excluding hydrogens is 424 g/mol. The van der Waals surface area contributed by atoms with Crippen molar-refractivity contribution in [2.75, 3.05) is 17.2 Å². The van der Waals surface area contributed by atoms with Crippen molar-refractivity contribution >= 4 is 34.7 Å². The fraction of sp³-hybridized carbons (Fsp3) is 0.107. The largest absolute Gasteiger partial charge is 0.494 e. The van der Waals surface area contributed by atoms with E-state index >= 15 is 0 Å². The summed E-state index contributed by atoms with van der Waals surface area (Å²) in [6.07, 6.45) is 3.40. The zero-order valence-electron chi connectivity index (χ0n) is 19.2. The van der Waals surface area contributed by atoms with Gasteiger partial charge >= 0.3 is 0 Å². The van der Waals surface area contributed by atoms with Crippen LogP contribution < -0.4 is 15.4 Å². The zero-order chi connectivity index (χ0) is 23.8. The molecule has 0 saturated carbocycles. The summed E-state index contributed by atoms with van der Waals surface area (Å²) in [5, 5.41) is 6.24. The van der Waals surface area contributed by atoms with E-state index in [1.54, 1.807) is 0 Å². The molecule has 4 aromatic rings. The molecule has 6 nitrogen and oxygen atoms in total. The molecule has 6 heteroatoms. The molecule has 0 aliphatic rings. The molecule has 1 heterocycles. The van der Waals surface area contributed by atoms with Gasteiger partial charge in [-0.25, -0.2) is 9.97 Å². The number of aromatic nitrogens is 2. The SMILES string of the molecule is CCOc1ccc(/C=C(/C(=O)Nc2ccc(Nc3cc(C)ncn3)cc2)c2ccccc2)cc1. The fourth-order valence-electron chi connectivity index (χ4n) is 3.40. The van der Waals surface area contributed by atoms with Crippen molar-refractivity contribution in [2.24, 2.45) is 0 Å². The molecule has 1 amide bonds. The summed E-state index contributed by atoms with van der Waals surface area (Å²) in [7, 11) is 0. The summed E-state index contributed by atoms with van der Waals surface area (Å²) in [6.45, 7) is 4.47. The van der Waals surface area contributed by atoms with Crippen molar-refractivity contribution in [3.63, 3.8) is 0 Å². The Labute approximate surface area is 199 Å². The smallest absolute Gasteiger partial charge is 0.256 e. The van der Waals surface area contributed by atoms with Crippen LogP contribution in [-0.2, 0) is 4.79 Å². The van der Waals surface area contributed by atoms with Crippen LogP contribution in [0.1, 0.15) is 23.7 Å². The van der Waals surface area contributed by atoms with Gasteiger partial charge in [0.05, 0.1) is 6.61 Å². The number of nitrogens with one attached hydrogen (secondary N) is 2. The van der Waals surface area contributed by atoms with Gasteiger partial charge in [0, 0.05) is 28.7 Å². The van der Waals surface area contributed by atoms with E-state index in [1.165, 1.54) is 6.33 Å². The number of carbonyl (C=O) groups excluding carboxylic acids is 1.